The van der Waals surface area contributed by atoms with Crippen molar-refractivity contribution in [2.75, 3.05) is 32.8 Å². The molecule has 0 spiro atoms. The van der Waals surface area contributed by atoms with E-state index in [2.05, 4.69) is 10.3 Å². The maximum atomic E-state index is 15.1. The lowest BCUT2D eigenvalue weighted by molar-refractivity contribution is -0.0938. The standard InChI is InChI=1S/C46H52N5O9P/c1-32(2)51(33(3)4)61(54,58-29-13-27-47)60-40-30-43(50-28-26-42(49-45(50)53)48-44(52)34-14-9-7-10-15-34)59-41(40)31-57-46(35-16-11-8-12-17-35,36-18-22-38(55-5)23-19-36)37-20-24-39(56-6)25-21-37/h7-12,14-26,28,32-33,40-41,43H,13,29-31H2,1-6H3,(H,48,49,52,53)/t40-,41+,43+,61?/m0/s1. The first kappa shape index (κ1) is 44.9. The first-order valence-electron chi connectivity index (χ1n) is 20.1. The van der Waals surface area contributed by atoms with Crippen LogP contribution < -0.4 is 20.5 Å². The quantitative estimate of drug-likeness (QED) is 0.0481. The van der Waals surface area contributed by atoms with Gasteiger partial charge in [-0.25, -0.2) is 14.0 Å². The van der Waals surface area contributed by atoms with E-state index in [1.165, 1.54) is 16.8 Å². The summed E-state index contributed by atoms with van der Waals surface area (Å²) in [5, 5.41) is 12.0. The van der Waals surface area contributed by atoms with Gasteiger partial charge in [0, 0.05) is 30.3 Å². The Morgan fingerprint density at radius 2 is 1.44 bits per heavy atom. The molecule has 2 heterocycles. The lowest BCUT2D eigenvalue weighted by atomic mass is 9.80. The molecule has 15 heteroatoms. The van der Waals surface area contributed by atoms with Crippen LogP contribution >= 0.6 is 7.75 Å². The number of anilines is 1. The molecule has 1 aromatic heterocycles. The predicted octanol–water partition coefficient (Wildman–Crippen LogP) is 8.35. The van der Waals surface area contributed by atoms with Gasteiger partial charge in [-0.15, -0.1) is 0 Å². The number of aromatic nitrogens is 2. The molecule has 1 aliphatic heterocycles. The Balaban J connectivity index is 1.41. The highest BCUT2D eigenvalue weighted by Crippen LogP contribution is 2.57. The van der Waals surface area contributed by atoms with E-state index in [4.69, 9.17) is 28.0 Å². The van der Waals surface area contributed by atoms with Gasteiger partial charge in [0.25, 0.3) is 5.91 Å². The molecule has 61 heavy (non-hydrogen) atoms. The Morgan fingerprint density at radius 1 is 0.885 bits per heavy atom. The van der Waals surface area contributed by atoms with Crippen molar-refractivity contribution in [1.82, 2.24) is 14.2 Å². The lowest BCUT2D eigenvalue weighted by Gasteiger charge is -2.39. The second-order valence-electron chi connectivity index (χ2n) is 14.9. The maximum Gasteiger partial charge on any atom is 0.409 e. The minimum atomic E-state index is -4.13. The molecule has 0 saturated carbocycles. The van der Waals surface area contributed by atoms with Crippen molar-refractivity contribution in [3.63, 3.8) is 0 Å². The molecule has 1 fully saturated rings. The SMILES string of the molecule is COc1ccc(C(OC[C@H]2O[C@@H](n3ccc(NC(=O)c4ccccc4)nc3=O)C[C@@H]2OP(=O)(OCCC#N)N(C(C)C)C(C)C)(c2ccccc2)c2ccc(OC)cc2)cc1. The number of carbonyl (C=O) groups is 1. The summed E-state index contributed by atoms with van der Waals surface area (Å²) in [5.74, 6) is 0.961. The molecule has 1 unspecified atom stereocenters. The minimum Gasteiger partial charge on any atom is -0.497 e. The highest BCUT2D eigenvalue weighted by molar-refractivity contribution is 7.51. The first-order valence-corrected chi connectivity index (χ1v) is 21.6. The molecular weight excluding hydrogens is 798 g/mol. The van der Waals surface area contributed by atoms with Gasteiger partial charge in [0.1, 0.15) is 41.4 Å². The number of rotatable bonds is 19. The third-order valence-corrected chi connectivity index (χ3v) is 12.8. The van der Waals surface area contributed by atoms with Crippen LogP contribution in [-0.4, -0.2) is 71.9 Å². The number of benzene rings is 4. The number of nitrogens with zero attached hydrogens (tertiary/aromatic N) is 4. The van der Waals surface area contributed by atoms with Crippen molar-refractivity contribution in [2.45, 2.75) is 76.7 Å². The fourth-order valence-corrected chi connectivity index (χ4v) is 9.90. The normalized spacial score (nSPS) is 17.5. The van der Waals surface area contributed by atoms with Gasteiger partial charge in [-0.1, -0.05) is 72.8 Å². The Hall–Kier alpha value is -5.65. The Morgan fingerprint density at radius 3 is 1.97 bits per heavy atom. The van der Waals surface area contributed by atoms with Crippen LogP contribution in [0.3, 0.4) is 0 Å². The number of hydrogen-bond donors (Lipinski definition) is 1. The second-order valence-corrected chi connectivity index (χ2v) is 16.8. The van der Waals surface area contributed by atoms with Gasteiger partial charge in [0.05, 0.1) is 39.9 Å². The summed E-state index contributed by atoms with van der Waals surface area (Å²) in [7, 11) is -0.925. The van der Waals surface area contributed by atoms with Crippen LogP contribution in [0.25, 0.3) is 0 Å². The zero-order chi connectivity index (χ0) is 43.6. The molecule has 1 amide bonds. The summed E-state index contributed by atoms with van der Waals surface area (Å²) < 4.78 is 55.6. The highest BCUT2D eigenvalue weighted by Gasteiger charge is 2.48. The Labute approximate surface area is 356 Å². The molecule has 1 saturated heterocycles. The molecular formula is C46H52N5O9P. The summed E-state index contributed by atoms with van der Waals surface area (Å²) in [6, 6.07) is 36.5. The van der Waals surface area contributed by atoms with E-state index < -0.39 is 43.4 Å². The number of nitrogens with one attached hydrogen (secondary N) is 1. The third kappa shape index (κ3) is 10.3. The van der Waals surface area contributed by atoms with Gasteiger partial charge in [-0.2, -0.15) is 10.2 Å². The first-order chi connectivity index (χ1) is 29.4. The molecule has 4 aromatic carbocycles. The van der Waals surface area contributed by atoms with Gasteiger partial charge < -0.3 is 24.3 Å². The number of amides is 1. The smallest absolute Gasteiger partial charge is 0.409 e. The van der Waals surface area contributed by atoms with E-state index in [-0.39, 0.29) is 44.0 Å². The van der Waals surface area contributed by atoms with Crippen LogP contribution in [0.1, 0.15) is 73.8 Å². The van der Waals surface area contributed by atoms with Crippen molar-refractivity contribution in [3.8, 4) is 17.6 Å². The largest absolute Gasteiger partial charge is 0.497 e. The van der Waals surface area contributed by atoms with E-state index in [1.54, 1.807) is 49.2 Å². The molecule has 320 valence electrons. The van der Waals surface area contributed by atoms with Crippen molar-refractivity contribution >= 4 is 19.5 Å². The molecule has 0 bridgehead atoms. The fourth-order valence-electron chi connectivity index (χ4n) is 7.58. The average Bonchev–Trinajstić information content (AvgIpc) is 3.65. The van der Waals surface area contributed by atoms with Gasteiger partial charge in [-0.3, -0.25) is 18.4 Å². The van der Waals surface area contributed by atoms with Crippen molar-refractivity contribution in [2.24, 2.45) is 0 Å². The van der Waals surface area contributed by atoms with E-state index in [0.717, 1.165) is 16.7 Å². The van der Waals surface area contributed by atoms with E-state index >= 15 is 4.57 Å². The Kier molecular flexibility index (Phi) is 14.9. The molecule has 0 aliphatic carbocycles. The van der Waals surface area contributed by atoms with Crippen LogP contribution in [-0.2, 0) is 28.7 Å². The van der Waals surface area contributed by atoms with Crippen LogP contribution in [0.2, 0.25) is 0 Å². The molecule has 1 N–H and O–H groups in total. The molecule has 1 aliphatic rings. The van der Waals surface area contributed by atoms with Crippen LogP contribution in [0.15, 0.2) is 126 Å². The van der Waals surface area contributed by atoms with Gasteiger partial charge in [-0.05, 0) is 86.8 Å². The summed E-state index contributed by atoms with van der Waals surface area (Å²) in [4.78, 5) is 30.7. The number of methoxy groups -OCH3 is 2. The number of carbonyl (C=O) groups excluding carboxylic acids is 1. The zero-order valence-electron chi connectivity index (χ0n) is 35.2. The summed E-state index contributed by atoms with van der Waals surface area (Å²) in [6.07, 6.45) is -1.31. The van der Waals surface area contributed by atoms with Crippen molar-refractivity contribution in [3.05, 3.63) is 154 Å². The number of nitriles is 1. The topological polar surface area (TPSA) is 163 Å². The second kappa shape index (κ2) is 20.3. The summed E-state index contributed by atoms with van der Waals surface area (Å²) in [5.41, 5.74) is 0.845. The predicted molar refractivity (Wildman–Crippen MR) is 230 cm³/mol. The molecule has 14 nitrogen and oxygen atoms in total. The van der Waals surface area contributed by atoms with Crippen LogP contribution in [0, 0.1) is 11.3 Å². The monoisotopic (exact) mass is 849 g/mol. The van der Waals surface area contributed by atoms with Gasteiger partial charge in [0.15, 0.2) is 0 Å². The van der Waals surface area contributed by atoms with Gasteiger partial charge in [0.2, 0.25) is 0 Å². The third-order valence-electron chi connectivity index (χ3n) is 10.3. The molecule has 6 rings (SSSR count). The molecule has 0 radical (unpaired) electrons. The number of ether oxygens (including phenoxy) is 4. The average molecular weight is 850 g/mol. The Bertz CT molecular complexity index is 2300. The summed E-state index contributed by atoms with van der Waals surface area (Å²) in [6.45, 7) is 7.30. The zero-order valence-corrected chi connectivity index (χ0v) is 36.1. The highest BCUT2D eigenvalue weighted by atomic mass is 31.2. The molecule has 4 atom stereocenters. The van der Waals surface area contributed by atoms with E-state index in [9.17, 15) is 14.9 Å². The number of hydrogen-bond acceptors (Lipinski definition) is 11. The lowest BCUT2D eigenvalue weighted by Crippen LogP contribution is -2.40. The van der Waals surface area contributed by atoms with Crippen molar-refractivity contribution in [1.29, 1.82) is 5.26 Å². The maximum absolute atomic E-state index is 15.1. The van der Waals surface area contributed by atoms with Crippen LogP contribution in [0.5, 0.6) is 11.5 Å². The van der Waals surface area contributed by atoms with Crippen LogP contribution in [0.4, 0.5) is 5.82 Å². The molecule has 5 aromatic rings. The van der Waals surface area contributed by atoms with Crippen molar-refractivity contribution < 1.29 is 37.4 Å². The fraction of sp³-hybridized carbons (Fsp3) is 0.348. The van der Waals surface area contributed by atoms with E-state index in [1.807, 2.05) is 113 Å². The minimum absolute atomic E-state index is 0.00868. The van der Waals surface area contributed by atoms with Gasteiger partial charge >= 0.3 is 13.4 Å². The van der Waals surface area contributed by atoms with E-state index in [0.29, 0.717) is 17.1 Å². The summed E-state index contributed by atoms with van der Waals surface area (Å²) >= 11 is 0.